The molecule has 1 amide bonds. The lowest BCUT2D eigenvalue weighted by Crippen LogP contribution is -2.23. The number of hydrogen-bond donors (Lipinski definition) is 2. The van der Waals surface area contributed by atoms with Crippen LogP contribution in [0.25, 0.3) is 11.5 Å². The van der Waals surface area contributed by atoms with Crippen molar-refractivity contribution in [2.24, 2.45) is 0 Å². The van der Waals surface area contributed by atoms with E-state index in [2.05, 4.69) is 10.3 Å². The van der Waals surface area contributed by atoms with Crippen LogP contribution in [0, 0.1) is 5.82 Å². The topological polar surface area (TPSA) is 81.1 Å². The highest BCUT2D eigenvalue weighted by Crippen LogP contribution is 2.24. The zero-order chi connectivity index (χ0) is 16.2. The summed E-state index contributed by atoms with van der Waals surface area (Å²) in [7, 11) is 0. The summed E-state index contributed by atoms with van der Waals surface area (Å²) in [5.74, 6) is -0.474. The molecule has 3 N–H and O–H groups in total. The molecular weight excluding hydrogens is 297 g/mol. The fourth-order valence-electron chi connectivity index (χ4n) is 2.11. The van der Waals surface area contributed by atoms with Crippen LogP contribution in [0.15, 0.2) is 59.2 Å². The number of nitrogens with one attached hydrogen (secondary N) is 1. The minimum absolute atomic E-state index is 0.139. The third-order valence-electron chi connectivity index (χ3n) is 3.27. The second kappa shape index (κ2) is 6.31. The second-order valence-electron chi connectivity index (χ2n) is 4.94. The van der Waals surface area contributed by atoms with Crippen LogP contribution >= 0.6 is 0 Å². The molecule has 6 heteroatoms. The SMILES string of the molecule is Nc1ccccc1-c1nc(C(=O)NCc2cccc(F)c2)co1. The molecule has 0 saturated carbocycles. The van der Waals surface area contributed by atoms with Gasteiger partial charge in [0.1, 0.15) is 12.1 Å². The fraction of sp³-hybridized carbons (Fsp3) is 0.0588. The Balaban J connectivity index is 1.70. The number of carbonyl (C=O) groups is 1. The lowest BCUT2D eigenvalue weighted by Gasteiger charge is -2.03. The van der Waals surface area contributed by atoms with Crippen molar-refractivity contribution >= 4 is 11.6 Å². The highest BCUT2D eigenvalue weighted by molar-refractivity contribution is 5.92. The third-order valence-corrected chi connectivity index (χ3v) is 3.27. The van der Waals surface area contributed by atoms with E-state index in [4.69, 9.17) is 10.2 Å². The Labute approximate surface area is 132 Å². The molecule has 0 radical (unpaired) electrons. The second-order valence-corrected chi connectivity index (χ2v) is 4.94. The molecule has 0 fully saturated rings. The van der Waals surface area contributed by atoms with Gasteiger partial charge in [0, 0.05) is 12.2 Å². The number of hydrogen-bond acceptors (Lipinski definition) is 4. The zero-order valence-corrected chi connectivity index (χ0v) is 12.1. The molecule has 0 spiro atoms. The number of amides is 1. The van der Waals surface area contributed by atoms with E-state index in [0.29, 0.717) is 16.8 Å². The number of nitrogens with zero attached hydrogens (tertiary/aromatic N) is 1. The van der Waals surface area contributed by atoms with Crippen molar-refractivity contribution in [3.05, 3.63) is 71.9 Å². The van der Waals surface area contributed by atoms with E-state index in [1.807, 2.05) is 0 Å². The van der Waals surface area contributed by atoms with Gasteiger partial charge in [-0.05, 0) is 29.8 Å². The Hall–Kier alpha value is -3.15. The van der Waals surface area contributed by atoms with Gasteiger partial charge in [0.25, 0.3) is 5.91 Å². The standard InChI is InChI=1S/C17H14FN3O2/c18-12-5-3-4-11(8-12)9-20-16(22)15-10-23-17(21-15)13-6-1-2-7-14(13)19/h1-8,10H,9,19H2,(H,20,22). The Morgan fingerprint density at radius 3 is 2.83 bits per heavy atom. The maximum absolute atomic E-state index is 13.1. The number of anilines is 1. The molecular formula is C17H14FN3O2. The van der Waals surface area contributed by atoms with Crippen LogP contribution in [0.5, 0.6) is 0 Å². The molecule has 23 heavy (non-hydrogen) atoms. The molecule has 0 atom stereocenters. The van der Waals surface area contributed by atoms with Crippen molar-refractivity contribution in [3.63, 3.8) is 0 Å². The number of nitrogen functional groups attached to an aromatic ring is 1. The Morgan fingerprint density at radius 1 is 1.22 bits per heavy atom. The molecule has 3 rings (SSSR count). The van der Waals surface area contributed by atoms with Gasteiger partial charge in [-0.1, -0.05) is 24.3 Å². The molecule has 1 aromatic heterocycles. The van der Waals surface area contributed by atoms with Gasteiger partial charge < -0.3 is 15.5 Å². The van der Waals surface area contributed by atoms with E-state index in [1.54, 1.807) is 36.4 Å². The zero-order valence-electron chi connectivity index (χ0n) is 12.1. The van der Waals surface area contributed by atoms with Crippen LogP contribution in [-0.4, -0.2) is 10.9 Å². The number of aromatic nitrogens is 1. The maximum atomic E-state index is 13.1. The minimum Gasteiger partial charge on any atom is -0.444 e. The summed E-state index contributed by atoms with van der Waals surface area (Å²) in [4.78, 5) is 16.2. The van der Waals surface area contributed by atoms with Crippen LogP contribution in [0.1, 0.15) is 16.1 Å². The summed E-state index contributed by atoms with van der Waals surface area (Å²) in [5.41, 5.74) is 7.79. The highest BCUT2D eigenvalue weighted by atomic mass is 19.1. The maximum Gasteiger partial charge on any atom is 0.273 e. The Morgan fingerprint density at radius 2 is 2.04 bits per heavy atom. The first-order chi connectivity index (χ1) is 11.1. The Kier molecular flexibility index (Phi) is 4.05. The third kappa shape index (κ3) is 3.37. The van der Waals surface area contributed by atoms with Gasteiger partial charge in [0.2, 0.25) is 5.89 Å². The number of nitrogens with two attached hydrogens (primary N) is 1. The molecule has 116 valence electrons. The van der Waals surface area contributed by atoms with Crippen LogP contribution < -0.4 is 11.1 Å². The molecule has 0 bridgehead atoms. The van der Waals surface area contributed by atoms with E-state index >= 15 is 0 Å². The molecule has 2 aromatic carbocycles. The van der Waals surface area contributed by atoms with E-state index in [1.165, 1.54) is 18.4 Å². The molecule has 0 aliphatic heterocycles. The van der Waals surface area contributed by atoms with Crippen molar-refractivity contribution < 1.29 is 13.6 Å². The largest absolute Gasteiger partial charge is 0.444 e. The fourth-order valence-corrected chi connectivity index (χ4v) is 2.11. The van der Waals surface area contributed by atoms with Gasteiger partial charge in [-0.15, -0.1) is 0 Å². The normalized spacial score (nSPS) is 10.5. The lowest BCUT2D eigenvalue weighted by molar-refractivity contribution is 0.0946. The van der Waals surface area contributed by atoms with Crippen LogP contribution in [-0.2, 0) is 6.54 Å². The van der Waals surface area contributed by atoms with Crippen molar-refractivity contribution in [2.45, 2.75) is 6.54 Å². The minimum atomic E-state index is -0.404. The summed E-state index contributed by atoms with van der Waals surface area (Å²) in [6, 6.07) is 13.1. The Bertz CT molecular complexity index is 845. The van der Waals surface area contributed by atoms with Gasteiger partial charge in [0.05, 0.1) is 5.56 Å². The molecule has 0 aliphatic carbocycles. The summed E-state index contributed by atoms with van der Waals surface area (Å²) in [6.45, 7) is 0.201. The molecule has 5 nitrogen and oxygen atoms in total. The quantitative estimate of drug-likeness (QED) is 0.726. The first kappa shape index (κ1) is 14.8. The molecule has 0 unspecified atom stereocenters. The summed E-state index contributed by atoms with van der Waals surface area (Å²) < 4.78 is 18.4. The molecule has 1 heterocycles. The van der Waals surface area contributed by atoms with Crippen LogP contribution in [0.3, 0.4) is 0 Å². The van der Waals surface area contributed by atoms with E-state index in [9.17, 15) is 9.18 Å². The smallest absolute Gasteiger partial charge is 0.273 e. The van der Waals surface area contributed by atoms with Crippen LogP contribution in [0.4, 0.5) is 10.1 Å². The van der Waals surface area contributed by atoms with Gasteiger partial charge in [-0.2, -0.15) is 0 Å². The number of rotatable bonds is 4. The average molecular weight is 311 g/mol. The number of para-hydroxylation sites is 1. The van der Waals surface area contributed by atoms with Crippen molar-refractivity contribution in [1.82, 2.24) is 10.3 Å². The van der Waals surface area contributed by atoms with Gasteiger partial charge in [0.15, 0.2) is 5.69 Å². The van der Waals surface area contributed by atoms with E-state index < -0.39 is 5.91 Å². The number of halogens is 1. The van der Waals surface area contributed by atoms with Gasteiger partial charge in [-0.3, -0.25) is 4.79 Å². The van der Waals surface area contributed by atoms with Crippen molar-refractivity contribution in [1.29, 1.82) is 0 Å². The monoisotopic (exact) mass is 311 g/mol. The van der Waals surface area contributed by atoms with E-state index in [-0.39, 0.29) is 23.9 Å². The number of carbonyl (C=O) groups excluding carboxylic acids is 1. The molecule has 0 aliphatic rings. The number of benzene rings is 2. The van der Waals surface area contributed by atoms with Crippen molar-refractivity contribution in [2.75, 3.05) is 5.73 Å². The predicted molar refractivity (Wildman–Crippen MR) is 83.9 cm³/mol. The van der Waals surface area contributed by atoms with Gasteiger partial charge in [-0.25, -0.2) is 9.37 Å². The summed E-state index contributed by atoms with van der Waals surface area (Å²) in [5, 5.41) is 2.66. The van der Waals surface area contributed by atoms with Crippen molar-refractivity contribution in [3.8, 4) is 11.5 Å². The van der Waals surface area contributed by atoms with Crippen LogP contribution in [0.2, 0.25) is 0 Å². The van der Waals surface area contributed by atoms with E-state index in [0.717, 1.165) is 0 Å². The molecule has 0 saturated heterocycles. The first-order valence-electron chi connectivity index (χ1n) is 6.96. The summed E-state index contributed by atoms with van der Waals surface area (Å²) >= 11 is 0. The lowest BCUT2D eigenvalue weighted by atomic mass is 10.2. The van der Waals surface area contributed by atoms with Gasteiger partial charge >= 0.3 is 0 Å². The molecule has 3 aromatic rings. The summed E-state index contributed by atoms with van der Waals surface area (Å²) in [6.07, 6.45) is 1.27. The predicted octanol–water partition coefficient (Wildman–Crippen LogP) is 2.99. The average Bonchev–Trinajstić information content (AvgIpc) is 3.03. The number of oxazole rings is 1. The first-order valence-corrected chi connectivity index (χ1v) is 6.96. The highest BCUT2D eigenvalue weighted by Gasteiger charge is 2.14.